The van der Waals surface area contributed by atoms with Gasteiger partial charge in [-0.15, -0.1) is 0 Å². The maximum atomic E-state index is 13.7. The lowest BCUT2D eigenvalue weighted by atomic mass is 9.89. The van der Waals surface area contributed by atoms with Gasteiger partial charge in [0.15, 0.2) is 0 Å². The van der Waals surface area contributed by atoms with Crippen molar-refractivity contribution in [1.82, 2.24) is 4.98 Å². The Hall–Kier alpha value is -5.83. The molecule has 0 amide bonds. The highest BCUT2D eigenvalue weighted by atomic mass is 32.2. The molecule has 214 valence electrons. The van der Waals surface area contributed by atoms with Gasteiger partial charge in [0.2, 0.25) is 9.84 Å². The number of rotatable bonds is 6. The summed E-state index contributed by atoms with van der Waals surface area (Å²) < 4.78 is 27.3. The third-order valence-electron chi connectivity index (χ3n) is 8.04. The summed E-state index contributed by atoms with van der Waals surface area (Å²) >= 11 is 0. The second kappa shape index (κ2) is 11.7. The predicted molar refractivity (Wildman–Crippen MR) is 183 cm³/mol. The zero-order valence-corrected chi connectivity index (χ0v) is 24.9. The van der Waals surface area contributed by atoms with Crippen molar-refractivity contribution in [2.75, 3.05) is 0 Å². The molecule has 0 aliphatic heterocycles. The Morgan fingerprint density at radius 1 is 0.600 bits per heavy atom. The minimum Gasteiger partial charge on any atom is -0.264 e. The van der Waals surface area contributed by atoms with Crippen molar-refractivity contribution >= 4 is 37.5 Å². The lowest BCUT2D eigenvalue weighted by molar-refractivity contribution is 0.603. The first-order chi connectivity index (χ1) is 22.0. The highest BCUT2D eigenvalue weighted by Gasteiger charge is 2.22. The van der Waals surface area contributed by atoms with E-state index in [1.54, 1.807) is 24.4 Å². The quantitative estimate of drug-likeness (QED) is 0.141. The van der Waals surface area contributed by atoms with Crippen LogP contribution < -0.4 is 0 Å². The van der Waals surface area contributed by atoms with Crippen LogP contribution in [0.2, 0.25) is 0 Å². The van der Waals surface area contributed by atoms with E-state index in [1.807, 2.05) is 79.0 Å². The zero-order valence-electron chi connectivity index (χ0n) is 24.1. The minimum absolute atomic E-state index is 0.0795. The Labute approximate surface area is 262 Å². The Kier molecular flexibility index (Phi) is 7.27. The van der Waals surface area contributed by atoms with Crippen LogP contribution in [0.5, 0.6) is 0 Å². The van der Waals surface area contributed by atoms with Crippen LogP contribution in [-0.2, 0) is 9.84 Å². The highest BCUT2D eigenvalue weighted by Crippen LogP contribution is 2.39. The van der Waals surface area contributed by atoms with Crippen LogP contribution >= 0.6 is 0 Å². The van der Waals surface area contributed by atoms with E-state index in [1.165, 1.54) is 18.2 Å². The monoisotopic (exact) mass is 598 g/mol. The van der Waals surface area contributed by atoms with Crippen molar-refractivity contribution in [3.05, 3.63) is 162 Å². The number of hydrogen-bond acceptors (Lipinski definition) is 4. The molecule has 0 radical (unpaired) electrons. The SMILES string of the molecule is N#C/C(=C\c1cc(-c2cccc(-c3cccnc3)c2)ccc1-c1cc2ccccc2c2ccccc12)S(=O)(=O)c1ccccc1. The molecule has 0 saturated heterocycles. The molecule has 4 nitrogen and oxygen atoms in total. The molecule has 0 aliphatic rings. The van der Waals surface area contributed by atoms with Crippen LogP contribution in [0, 0.1) is 11.3 Å². The molecule has 45 heavy (non-hydrogen) atoms. The molecule has 0 fully saturated rings. The van der Waals surface area contributed by atoms with Crippen molar-refractivity contribution in [2.45, 2.75) is 4.90 Å². The van der Waals surface area contributed by atoms with E-state index in [4.69, 9.17) is 0 Å². The Bertz CT molecular complexity index is 2390. The van der Waals surface area contributed by atoms with Crippen LogP contribution in [0.25, 0.3) is 61.0 Å². The Balaban J connectivity index is 1.48. The first kappa shape index (κ1) is 28.0. The summed E-state index contributed by atoms with van der Waals surface area (Å²) in [4.78, 5) is 4.03. The highest BCUT2D eigenvalue weighted by molar-refractivity contribution is 7.95. The predicted octanol–water partition coefficient (Wildman–Crippen LogP) is 9.73. The van der Waals surface area contributed by atoms with Crippen molar-refractivity contribution < 1.29 is 8.42 Å². The molecule has 6 aromatic carbocycles. The van der Waals surface area contributed by atoms with Crippen molar-refractivity contribution in [2.24, 2.45) is 0 Å². The van der Waals surface area contributed by atoms with Gasteiger partial charge in [-0.1, -0.05) is 103 Å². The molecule has 0 unspecified atom stereocenters. The molecular formula is C40H26N2O2S. The molecule has 0 bridgehead atoms. The minimum atomic E-state index is -4.05. The van der Waals surface area contributed by atoms with Crippen molar-refractivity contribution in [3.8, 4) is 39.4 Å². The maximum absolute atomic E-state index is 13.7. The molecule has 7 rings (SSSR count). The van der Waals surface area contributed by atoms with Gasteiger partial charge in [-0.3, -0.25) is 4.98 Å². The molecule has 1 heterocycles. The number of sulfone groups is 1. The van der Waals surface area contributed by atoms with Crippen LogP contribution in [0.4, 0.5) is 0 Å². The second-order valence-corrected chi connectivity index (χ2v) is 12.7. The number of nitrogens with zero attached hydrogens (tertiary/aromatic N) is 2. The smallest absolute Gasteiger partial charge is 0.216 e. The number of allylic oxidation sites excluding steroid dienone is 1. The van der Waals surface area contributed by atoms with Crippen molar-refractivity contribution in [1.29, 1.82) is 5.26 Å². The van der Waals surface area contributed by atoms with Gasteiger partial charge < -0.3 is 0 Å². The number of nitriles is 1. The molecule has 0 aliphatic carbocycles. The Morgan fingerprint density at radius 2 is 1.27 bits per heavy atom. The number of hydrogen-bond donors (Lipinski definition) is 0. The average Bonchev–Trinajstić information content (AvgIpc) is 3.11. The van der Waals surface area contributed by atoms with E-state index in [0.717, 1.165) is 54.9 Å². The number of aromatic nitrogens is 1. The van der Waals surface area contributed by atoms with Crippen LogP contribution in [-0.4, -0.2) is 13.4 Å². The van der Waals surface area contributed by atoms with Gasteiger partial charge in [0, 0.05) is 18.0 Å². The third kappa shape index (κ3) is 5.29. The number of fused-ring (bicyclic) bond motifs is 3. The first-order valence-corrected chi connectivity index (χ1v) is 16.0. The van der Waals surface area contributed by atoms with Gasteiger partial charge in [0.05, 0.1) is 4.90 Å². The molecule has 0 spiro atoms. The van der Waals surface area contributed by atoms with E-state index in [2.05, 4.69) is 47.4 Å². The molecule has 7 aromatic rings. The van der Waals surface area contributed by atoms with Gasteiger partial charge >= 0.3 is 0 Å². The fraction of sp³-hybridized carbons (Fsp3) is 0. The van der Waals surface area contributed by atoms with Gasteiger partial charge in [-0.2, -0.15) is 5.26 Å². The normalized spacial score (nSPS) is 11.8. The molecule has 0 N–H and O–H groups in total. The van der Waals surface area contributed by atoms with Crippen molar-refractivity contribution in [3.63, 3.8) is 0 Å². The van der Waals surface area contributed by atoms with Gasteiger partial charge in [-0.05, 0) is 97.4 Å². The van der Waals surface area contributed by atoms with Gasteiger partial charge in [-0.25, -0.2) is 8.42 Å². The zero-order chi connectivity index (χ0) is 30.8. The topological polar surface area (TPSA) is 70.8 Å². The lowest BCUT2D eigenvalue weighted by Gasteiger charge is -2.15. The van der Waals surface area contributed by atoms with Crippen LogP contribution in [0.3, 0.4) is 0 Å². The molecular weight excluding hydrogens is 573 g/mol. The fourth-order valence-corrected chi connectivity index (χ4v) is 7.01. The van der Waals surface area contributed by atoms with E-state index in [9.17, 15) is 13.7 Å². The summed E-state index contributed by atoms with van der Waals surface area (Å²) in [5, 5.41) is 14.6. The van der Waals surface area contributed by atoms with Gasteiger partial charge in [0.25, 0.3) is 0 Å². The van der Waals surface area contributed by atoms with Crippen LogP contribution in [0.15, 0.2) is 162 Å². The fourth-order valence-electron chi connectivity index (χ4n) is 5.83. The molecule has 1 aromatic heterocycles. The molecule has 0 saturated carbocycles. The lowest BCUT2D eigenvalue weighted by Crippen LogP contribution is -2.03. The van der Waals surface area contributed by atoms with E-state index in [0.29, 0.717) is 5.56 Å². The summed E-state index contributed by atoms with van der Waals surface area (Å²) in [5.41, 5.74) is 6.31. The second-order valence-electron chi connectivity index (χ2n) is 10.8. The van der Waals surface area contributed by atoms with Gasteiger partial charge in [0.1, 0.15) is 11.0 Å². The largest absolute Gasteiger partial charge is 0.264 e. The summed E-state index contributed by atoms with van der Waals surface area (Å²) in [6.07, 6.45) is 5.09. The summed E-state index contributed by atoms with van der Waals surface area (Å²) in [6.45, 7) is 0. The standard InChI is InChI=1S/C40H26N2O2S/c41-26-35(45(43,44)34-14-2-1-3-15-34)24-33-23-30(28-11-8-12-29(22-28)32-13-9-21-42-27-32)19-20-37(33)40-25-31-10-4-5-16-36(31)38-17-6-7-18-39(38)40/h1-25,27H/b35-24+. The molecule has 0 atom stereocenters. The first-order valence-electron chi connectivity index (χ1n) is 14.5. The summed E-state index contributed by atoms with van der Waals surface area (Å²) in [7, 11) is -4.05. The molecule has 5 heteroatoms. The third-order valence-corrected chi connectivity index (χ3v) is 9.72. The van der Waals surface area contributed by atoms with E-state index in [-0.39, 0.29) is 9.80 Å². The number of benzene rings is 6. The maximum Gasteiger partial charge on any atom is 0.216 e. The summed E-state index contributed by atoms with van der Waals surface area (Å²) in [5.74, 6) is 0. The van der Waals surface area contributed by atoms with E-state index < -0.39 is 9.84 Å². The summed E-state index contributed by atoms with van der Waals surface area (Å²) in [6, 6.07) is 46.8. The average molecular weight is 599 g/mol. The van der Waals surface area contributed by atoms with Crippen LogP contribution in [0.1, 0.15) is 5.56 Å². The van der Waals surface area contributed by atoms with E-state index >= 15 is 0 Å². The Morgan fingerprint density at radius 3 is 2.02 bits per heavy atom. The number of pyridine rings is 1.